The van der Waals surface area contributed by atoms with Crippen molar-refractivity contribution in [3.8, 4) is 0 Å². The highest BCUT2D eigenvalue weighted by atomic mass is 16.3. The van der Waals surface area contributed by atoms with Crippen molar-refractivity contribution in [2.75, 3.05) is 55.3 Å². The fourth-order valence-corrected chi connectivity index (χ4v) is 3.07. The Balaban J connectivity index is 2.11. The highest BCUT2D eigenvalue weighted by molar-refractivity contribution is 5.79. The number of nitrogens with zero attached hydrogens (tertiary/aromatic N) is 4. The number of nitrogens with two attached hydrogens (primary N) is 1. The predicted molar refractivity (Wildman–Crippen MR) is 94.9 cm³/mol. The first kappa shape index (κ1) is 18.3. The average Bonchev–Trinajstić information content (AvgIpc) is 2.60. The Hall–Kier alpha value is -2.09. The summed E-state index contributed by atoms with van der Waals surface area (Å²) in [6.45, 7) is 7.40. The zero-order valence-electron chi connectivity index (χ0n) is 14.5. The molecule has 2 heterocycles. The van der Waals surface area contributed by atoms with E-state index >= 15 is 0 Å². The molecule has 1 aliphatic heterocycles. The predicted octanol–water partition coefficient (Wildman–Crippen LogP) is 0.548. The van der Waals surface area contributed by atoms with Crippen molar-refractivity contribution in [1.29, 1.82) is 0 Å². The Morgan fingerprint density at radius 3 is 2.88 bits per heavy atom. The third kappa shape index (κ3) is 4.47. The van der Waals surface area contributed by atoms with E-state index in [4.69, 9.17) is 10.8 Å². The molecule has 0 saturated carbocycles. The molecule has 0 bridgehead atoms. The number of amides is 1. The first-order chi connectivity index (χ1) is 11.6. The topological polar surface area (TPSA) is 108 Å². The van der Waals surface area contributed by atoms with E-state index < -0.39 is 0 Å². The van der Waals surface area contributed by atoms with Crippen LogP contribution < -0.4 is 16.0 Å². The number of nitrogen functional groups attached to an aromatic ring is 1. The molecule has 8 nitrogen and oxygen atoms in total. The number of rotatable bonds is 7. The minimum atomic E-state index is -0.0105. The van der Waals surface area contributed by atoms with E-state index in [9.17, 15) is 4.79 Å². The highest BCUT2D eigenvalue weighted by Gasteiger charge is 2.29. The molecule has 0 aromatic carbocycles. The zero-order valence-corrected chi connectivity index (χ0v) is 14.5. The summed E-state index contributed by atoms with van der Waals surface area (Å²) in [5.74, 6) is 1.70. The highest BCUT2D eigenvalue weighted by Crippen LogP contribution is 2.25. The van der Waals surface area contributed by atoms with Gasteiger partial charge in [0.2, 0.25) is 11.9 Å². The van der Waals surface area contributed by atoms with Gasteiger partial charge >= 0.3 is 0 Å². The van der Waals surface area contributed by atoms with Crippen molar-refractivity contribution in [3.05, 3.63) is 6.07 Å². The van der Waals surface area contributed by atoms with Gasteiger partial charge in [0.1, 0.15) is 11.6 Å². The standard InChI is InChI=1S/C16H28N6O2/c1-3-21(4-2)15(24)12-6-5-8-22(11-12)14-10-13(18-7-9-23)19-16(17)20-14/h10,12,23H,3-9,11H2,1-2H3,(H3,17,18,19,20). The molecule has 134 valence electrons. The third-order valence-corrected chi connectivity index (χ3v) is 4.32. The Kier molecular flexibility index (Phi) is 6.60. The second kappa shape index (κ2) is 8.68. The fourth-order valence-electron chi connectivity index (χ4n) is 3.07. The minimum Gasteiger partial charge on any atom is -0.395 e. The van der Waals surface area contributed by atoms with Gasteiger partial charge in [-0.15, -0.1) is 0 Å². The van der Waals surface area contributed by atoms with Crippen LogP contribution in [0.4, 0.5) is 17.6 Å². The summed E-state index contributed by atoms with van der Waals surface area (Å²) in [5.41, 5.74) is 5.80. The van der Waals surface area contributed by atoms with Gasteiger partial charge in [0.05, 0.1) is 12.5 Å². The van der Waals surface area contributed by atoms with Crippen LogP contribution in [0.25, 0.3) is 0 Å². The number of anilines is 3. The van der Waals surface area contributed by atoms with E-state index in [1.165, 1.54) is 0 Å². The van der Waals surface area contributed by atoms with Gasteiger partial charge in [-0.3, -0.25) is 4.79 Å². The quantitative estimate of drug-likeness (QED) is 0.667. The van der Waals surface area contributed by atoms with Gasteiger partial charge < -0.3 is 26.0 Å². The lowest BCUT2D eigenvalue weighted by Crippen LogP contribution is -2.45. The monoisotopic (exact) mass is 336 g/mol. The van der Waals surface area contributed by atoms with Crippen LogP contribution in [-0.2, 0) is 4.79 Å². The van der Waals surface area contributed by atoms with Crippen LogP contribution in [-0.4, -0.2) is 65.2 Å². The van der Waals surface area contributed by atoms with Crippen molar-refractivity contribution in [2.24, 2.45) is 5.92 Å². The smallest absolute Gasteiger partial charge is 0.227 e. The van der Waals surface area contributed by atoms with E-state index in [-0.39, 0.29) is 24.4 Å². The van der Waals surface area contributed by atoms with Crippen molar-refractivity contribution in [3.63, 3.8) is 0 Å². The lowest BCUT2D eigenvalue weighted by Gasteiger charge is -2.35. The molecular weight excluding hydrogens is 308 g/mol. The maximum Gasteiger partial charge on any atom is 0.227 e. The number of piperidine rings is 1. The summed E-state index contributed by atoms with van der Waals surface area (Å²) >= 11 is 0. The molecule has 1 atom stereocenters. The summed E-state index contributed by atoms with van der Waals surface area (Å²) in [6, 6.07) is 1.82. The number of hydrogen-bond acceptors (Lipinski definition) is 7. The normalized spacial score (nSPS) is 17.6. The number of aliphatic hydroxyl groups excluding tert-OH is 1. The molecule has 24 heavy (non-hydrogen) atoms. The van der Waals surface area contributed by atoms with E-state index in [1.807, 2.05) is 24.8 Å². The molecule has 1 aromatic rings. The van der Waals surface area contributed by atoms with E-state index in [2.05, 4.69) is 20.2 Å². The van der Waals surface area contributed by atoms with Crippen molar-refractivity contribution >= 4 is 23.5 Å². The average molecular weight is 336 g/mol. The van der Waals surface area contributed by atoms with Crippen molar-refractivity contribution < 1.29 is 9.90 Å². The minimum absolute atomic E-state index is 0.0105. The summed E-state index contributed by atoms with van der Waals surface area (Å²) in [4.78, 5) is 25.0. The molecule has 8 heteroatoms. The van der Waals surface area contributed by atoms with Gasteiger partial charge in [-0.2, -0.15) is 9.97 Å². The van der Waals surface area contributed by atoms with Gasteiger partial charge in [0.25, 0.3) is 0 Å². The Morgan fingerprint density at radius 2 is 2.21 bits per heavy atom. The Labute approximate surface area is 143 Å². The van der Waals surface area contributed by atoms with Crippen molar-refractivity contribution in [2.45, 2.75) is 26.7 Å². The van der Waals surface area contributed by atoms with Gasteiger partial charge in [-0.25, -0.2) is 0 Å². The van der Waals surface area contributed by atoms with Crippen molar-refractivity contribution in [1.82, 2.24) is 14.9 Å². The molecule has 0 spiro atoms. The van der Waals surface area contributed by atoms with Crippen LogP contribution in [0, 0.1) is 5.92 Å². The first-order valence-electron chi connectivity index (χ1n) is 8.62. The van der Waals surface area contributed by atoms with Crippen LogP contribution in [0.15, 0.2) is 6.07 Å². The maximum absolute atomic E-state index is 12.6. The van der Waals surface area contributed by atoms with Crippen LogP contribution >= 0.6 is 0 Å². The molecule has 1 unspecified atom stereocenters. The third-order valence-electron chi connectivity index (χ3n) is 4.32. The van der Waals surface area contributed by atoms with Crippen LogP contribution in [0.1, 0.15) is 26.7 Å². The Bertz CT molecular complexity index is 549. The molecular formula is C16H28N6O2. The molecule has 0 aliphatic carbocycles. The fraction of sp³-hybridized carbons (Fsp3) is 0.688. The number of carbonyl (C=O) groups is 1. The van der Waals surface area contributed by atoms with Gasteiger partial charge in [-0.1, -0.05) is 0 Å². The molecule has 1 saturated heterocycles. The lowest BCUT2D eigenvalue weighted by molar-refractivity contribution is -0.135. The number of aliphatic hydroxyl groups is 1. The molecule has 1 fully saturated rings. The SMILES string of the molecule is CCN(CC)C(=O)C1CCCN(c2cc(NCCO)nc(N)n2)C1. The largest absolute Gasteiger partial charge is 0.395 e. The lowest BCUT2D eigenvalue weighted by atomic mass is 9.96. The molecule has 0 radical (unpaired) electrons. The first-order valence-corrected chi connectivity index (χ1v) is 8.62. The number of nitrogens with one attached hydrogen (secondary N) is 1. The van der Waals surface area contributed by atoms with Gasteiger partial charge in [-0.05, 0) is 26.7 Å². The molecule has 4 N–H and O–H groups in total. The summed E-state index contributed by atoms with van der Waals surface area (Å²) in [6.07, 6.45) is 1.85. The number of aromatic nitrogens is 2. The second-order valence-corrected chi connectivity index (χ2v) is 5.92. The maximum atomic E-state index is 12.6. The van der Waals surface area contributed by atoms with E-state index in [0.29, 0.717) is 18.9 Å². The van der Waals surface area contributed by atoms with E-state index in [1.54, 1.807) is 0 Å². The summed E-state index contributed by atoms with van der Waals surface area (Å²) < 4.78 is 0. The van der Waals surface area contributed by atoms with E-state index in [0.717, 1.165) is 38.3 Å². The molecule has 1 aliphatic rings. The van der Waals surface area contributed by atoms with Crippen LogP contribution in [0.3, 0.4) is 0 Å². The van der Waals surface area contributed by atoms with Crippen LogP contribution in [0.5, 0.6) is 0 Å². The van der Waals surface area contributed by atoms with Gasteiger partial charge in [0.15, 0.2) is 0 Å². The summed E-state index contributed by atoms with van der Waals surface area (Å²) in [7, 11) is 0. The second-order valence-electron chi connectivity index (χ2n) is 5.92. The molecule has 2 rings (SSSR count). The van der Waals surface area contributed by atoms with Gasteiger partial charge in [0, 0.05) is 38.8 Å². The zero-order chi connectivity index (χ0) is 17.5. The number of carbonyl (C=O) groups excluding carboxylic acids is 1. The number of hydrogen-bond donors (Lipinski definition) is 3. The Morgan fingerprint density at radius 1 is 1.46 bits per heavy atom. The molecule has 1 amide bonds. The molecule has 1 aromatic heterocycles. The van der Waals surface area contributed by atoms with Crippen LogP contribution in [0.2, 0.25) is 0 Å². The summed E-state index contributed by atoms with van der Waals surface area (Å²) in [5, 5.41) is 11.9.